The summed E-state index contributed by atoms with van der Waals surface area (Å²) in [5, 5.41) is 9.48. The average molecular weight is 323 g/mol. The molecule has 0 bridgehead atoms. The van der Waals surface area contributed by atoms with Crippen molar-refractivity contribution in [2.24, 2.45) is 0 Å². The van der Waals surface area contributed by atoms with Crippen LogP contribution in [-0.2, 0) is 4.74 Å². The van der Waals surface area contributed by atoms with E-state index in [-0.39, 0.29) is 5.56 Å². The third kappa shape index (κ3) is 3.27. The Hall–Kier alpha value is -2.75. The highest BCUT2D eigenvalue weighted by atomic mass is 16.5. The highest BCUT2D eigenvalue weighted by Crippen LogP contribution is 2.37. The molecule has 0 aromatic heterocycles. The zero-order valence-corrected chi connectivity index (χ0v) is 13.7. The number of carboxylic acids is 1. The van der Waals surface area contributed by atoms with Gasteiger partial charge in [0.15, 0.2) is 6.23 Å². The molecular weight excluding hydrogens is 302 g/mol. The van der Waals surface area contributed by atoms with Gasteiger partial charge in [0.2, 0.25) is 0 Å². The maximum atomic E-state index is 11.6. The molecule has 0 amide bonds. The summed E-state index contributed by atoms with van der Waals surface area (Å²) >= 11 is 0. The lowest BCUT2D eigenvalue weighted by atomic mass is 10.1. The highest BCUT2D eigenvalue weighted by molar-refractivity contribution is 5.89. The van der Waals surface area contributed by atoms with Gasteiger partial charge in [-0.25, -0.2) is 4.79 Å². The molecule has 1 aliphatic rings. The molecule has 0 fully saturated rings. The SMILES string of the molecule is CCCCN1C=C(c2ccccc2)OC1c1ccccc1C(=O)O. The summed E-state index contributed by atoms with van der Waals surface area (Å²) in [5.74, 6) is -0.158. The van der Waals surface area contributed by atoms with Crippen molar-refractivity contribution in [1.29, 1.82) is 0 Å². The third-order valence-corrected chi connectivity index (χ3v) is 4.11. The predicted octanol–water partition coefficient (Wildman–Crippen LogP) is 4.51. The molecule has 2 aromatic rings. The monoisotopic (exact) mass is 323 g/mol. The molecule has 4 nitrogen and oxygen atoms in total. The van der Waals surface area contributed by atoms with E-state index in [2.05, 4.69) is 11.8 Å². The van der Waals surface area contributed by atoms with E-state index >= 15 is 0 Å². The van der Waals surface area contributed by atoms with Crippen molar-refractivity contribution < 1.29 is 14.6 Å². The molecule has 0 radical (unpaired) electrons. The highest BCUT2D eigenvalue weighted by Gasteiger charge is 2.30. The van der Waals surface area contributed by atoms with Crippen molar-refractivity contribution in [2.75, 3.05) is 6.54 Å². The number of nitrogens with zero attached hydrogens (tertiary/aromatic N) is 1. The fourth-order valence-electron chi connectivity index (χ4n) is 2.85. The number of ether oxygens (including phenoxy) is 1. The van der Waals surface area contributed by atoms with Gasteiger partial charge in [-0.3, -0.25) is 0 Å². The molecule has 4 heteroatoms. The topological polar surface area (TPSA) is 49.8 Å². The Morgan fingerprint density at radius 1 is 1.12 bits per heavy atom. The minimum atomic E-state index is -0.933. The van der Waals surface area contributed by atoms with E-state index in [4.69, 9.17) is 4.74 Å². The molecule has 3 rings (SSSR count). The lowest BCUT2D eigenvalue weighted by molar-refractivity contribution is 0.0595. The van der Waals surface area contributed by atoms with Crippen LogP contribution >= 0.6 is 0 Å². The van der Waals surface area contributed by atoms with Gasteiger partial charge >= 0.3 is 5.97 Å². The van der Waals surface area contributed by atoms with Crippen LogP contribution in [0.3, 0.4) is 0 Å². The van der Waals surface area contributed by atoms with Crippen molar-refractivity contribution in [3.63, 3.8) is 0 Å². The van der Waals surface area contributed by atoms with E-state index in [1.54, 1.807) is 12.1 Å². The minimum Gasteiger partial charge on any atom is -0.478 e. The predicted molar refractivity (Wildman–Crippen MR) is 93.3 cm³/mol. The third-order valence-electron chi connectivity index (χ3n) is 4.11. The fourth-order valence-corrected chi connectivity index (χ4v) is 2.85. The molecule has 1 heterocycles. The van der Waals surface area contributed by atoms with Gasteiger partial charge < -0.3 is 14.7 Å². The van der Waals surface area contributed by atoms with Gasteiger partial charge in [0, 0.05) is 23.9 Å². The van der Waals surface area contributed by atoms with Crippen LogP contribution in [-0.4, -0.2) is 22.5 Å². The molecule has 1 unspecified atom stereocenters. The Bertz CT molecular complexity index is 740. The lowest BCUT2D eigenvalue weighted by Crippen LogP contribution is -2.23. The second-order valence-corrected chi connectivity index (χ2v) is 5.81. The Morgan fingerprint density at radius 3 is 2.54 bits per heavy atom. The van der Waals surface area contributed by atoms with Crippen molar-refractivity contribution in [3.05, 3.63) is 77.5 Å². The van der Waals surface area contributed by atoms with E-state index in [0.29, 0.717) is 5.56 Å². The van der Waals surface area contributed by atoms with Gasteiger partial charge in [-0.05, 0) is 12.5 Å². The molecule has 0 spiro atoms. The Morgan fingerprint density at radius 2 is 1.83 bits per heavy atom. The van der Waals surface area contributed by atoms with Crippen LogP contribution in [0, 0.1) is 0 Å². The van der Waals surface area contributed by atoms with Gasteiger partial charge in [-0.15, -0.1) is 0 Å². The number of aromatic carboxylic acids is 1. The van der Waals surface area contributed by atoms with Crippen molar-refractivity contribution >= 4 is 11.7 Å². The summed E-state index contributed by atoms with van der Waals surface area (Å²) < 4.78 is 6.16. The molecule has 124 valence electrons. The summed E-state index contributed by atoms with van der Waals surface area (Å²) in [6.07, 6.45) is 3.68. The number of benzene rings is 2. The van der Waals surface area contributed by atoms with Gasteiger partial charge in [-0.2, -0.15) is 0 Å². The average Bonchev–Trinajstić information content (AvgIpc) is 3.04. The van der Waals surface area contributed by atoms with E-state index in [9.17, 15) is 9.90 Å². The molecule has 1 atom stereocenters. The van der Waals surface area contributed by atoms with Crippen LogP contribution in [0.5, 0.6) is 0 Å². The first kappa shape index (κ1) is 16.1. The van der Waals surface area contributed by atoms with Crippen LogP contribution in [0.15, 0.2) is 60.8 Å². The van der Waals surface area contributed by atoms with E-state index in [1.165, 1.54) is 0 Å². The molecule has 2 aromatic carbocycles. The van der Waals surface area contributed by atoms with Crippen LogP contribution in [0.1, 0.15) is 47.5 Å². The zero-order chi connectivity index (χ0) is 16.9. The zero-order valence-electron chi connectivity index (χ0n) is 13.7. The molecule has 1 N–H and O–H groups in total. The maximum absolute atomic E-state index is 11.6. The molecule has 1 aliphatic heterocycles. The Kier molecular flexibility index (Phi) is 4.85. The van der Waals surface area contributed by atoms with Crippen molar-refractivity contribution in [2.45, 2.75) is 26.0 Å². The molecule has 0 aliphatic carbocycles. The van der Waals surface area contributed by atoms with Gasteiger partial charge in [0.1, 0.15) is 5.76 Å². The van der Waals surface area contributed by atoms with Crippen LogP contribution in [0.2, 0.25) is 0 Å². The number of hydrogen-bond donors (Lipinski definition) is 1. The second kappa shape index (κ2) is 7.21. The van der Waals surface area contributed by atoms with E-state index < -0.39 is 12.2 Å². The number of carbonyl (C=O) groups is 1. The summed E-state index contributed by atoms with van der Waals surface area (Å²) in [5.41, 5.74) is 1.96. The molecule has 0 saturated heterocycles. The normalized spacial score (nSPS) is 16.6. The maximum Gasteiger partial charge on any atom is 0.336 e. The smallest absolute Gasteiger partial charge is 0.336 e. The lowest BCUT2D eigenvalue weighted by Gasteiger charge is -2.25. The molecule has 0 saturated carbocycles. The Labute approximate surface area is 142 Å². The first-order chi connectivity index (χ1) is 11.7. The van der Waals surface area contributed by atoms with E-state index in [0.717, 1.165) is 30.7 Å². The number of hydrogen-bond acceptors (Lipinski definition) is 3. The molecular formula is C20H21NO3. The first-order valence-electron chi connectivity index (χ1n) is 8.22. The van der Waals surface area contributed by atoms with Gasteiger partial charge in [0.05, 0.1) is 5.56 Å². The number of rotatable bonds is 6. The van der Waals surface area contributed by atoms with Crippen LogP contribution in [0.4, 0.5) is 0 Å². The van der Waals surface area contributed by atoms with Crippen LogP contribution in [0.25, 0.3) is 5.76 Å². The summed E-state index contributed by atoms with van der Waals surface area (Å²) in [4.78, 5) is 13.7. The van der Waals surface area contributed by atoms with Crippen molar-refractivity contribution in [1.82, 2.24) is 4.90 Å². The standard InChI is InChI=1S/C20H21NO3/c1-2-3-13-21-14-18(15-9-5-4-6-10-15)24-19(21)16-11-7-8-12-17(16)20(22)23/h4-12,14,19H,2-3,13H2,1H3,(H,22,23). The number of carboxylic acid groups (broad SMARTS) is 1. The van der Waals surface area contributed by atoms with Gasteiger partial charge in [-0.1, -0.05) is 61.9 Å². The summed E-state index contributed by atoms with van der Waals surface area (Å²) in [6.45, 7) is 2.96. The summed E-state index contributed by atoms with van der Waals surface area (Å²) in [6, 6.07) is 16.9. The Balaban J connectivity index is 1.94. The minimum absolute atomic E-state index is 0.284. The largest absolute Gasteiger partial charge is 0.478 e. The van der Waals surface area contributed by atoms with Crippen molar-refractivity contribution in [3.8, 4) is 0 Å². The quantitative estimate of drug-likeness (QED) is 0.849. The second-order valence-electron chi connectivity index (χ2n) is 5.81. The first-order valence-corrected chi connectivity index (χ1v) is 8.22. The fraction of sp³-hybridized carbons (Fsp3) is 0.250. The molecule has 24 heavy (non-hydrogen) atoms. The van der Waals surface area contributed by atoms with E-state index in [1.807, 2.05) is 48.7 Å². The summed E-state index contributed by atoms with van der Waals surface area (Å²) in [7, 11) is 0. The number of unbranched alkanes of at least 4 members (excludes halogenated alkanes) is 1. The van der Waals surface area contributed by atoms with Gasteiger partial charge in [0.25, 0.3) is 0 Å². The van der Waals surface area contributed by atoms with Crippen LogP contribution < -0.4 is 0 Å².